The van der Waals surface area contributed by atoms with E-state index in [4.69, 9.17) is 11.0 Å². The molecule has 0 unspecified atom stereocenters. The van der Waals surface area contributed by atoms with Gasteiger partial charge in [0.25, 0.3) is 0 Å². The summed E-state index contributed by atoms with van der Waals surface area (Å²) in [5.74, 6) is -0.918. The quantitative estimate of drug-likeness (QED) is 0.378. The maximum absolute atomic E-state index is 13.4. The predicted molar refractivity (Wildman–Crippen MR) is 105 cm³/mol. The van der Waals surface area contributed by atoms with Crippen LogP contribution in [0.5, 0.6) is 0 Å². The number of hydrogen-bond acceptors (Lipinski definition) is 6. The molecule has 0 atom stereocenters. The average Bonchev–Trinajstić information content (AvgIpc) is 3.11. The highest BCUT2D eigenvalue weighted by Crippen LogP contribution is 2.28. The van der Waals surface area contributed by atoms with Gasteiger partial charge in [0, 0.05) is 16.9 Å². The van der Waals surface area contributed by atoms with E-state index in [-0.39, 0.29) is 17.0 Å². The van der Waals surface area contributed by atoms with Crippen molar-refractivity contribution in [2.45, 2.75) is 12.1 Å². The monoisotopic (exact) mass is 411 g/mol. The van der Waals surface area contributed by atoms with Crippen molar-refractivity contribution in [3.05, 3.63) is 71.4 Å². The molecule has 0 saturated carbocycles. The van der Waals surface area contributed by atoms with E-state index in [0.717, 1.165) is 11.8 Å². The first-order chi connectivity index (χ1) is 13.9. The summed E-state index contributed by atoms with van der Waals surface area (Å²) >= 11 is 1.07. The Labute approximate surface area is 169 Å². The van der Waals surface area contributed by atoms with Gasteiger partial charge in [0.2, 0.25) is 0 Å². The Morgan fingerprint density at radius 1 is 1.10 bits per heavy atom. The van der Waals surface area contributed by atoms with Gasteiger partial charge in [-0.05, 0) is 55.5 Å². The fourth-order valence-corrected chi connectivity index (χ4v) is 3.37. The molecule has 9 heteroatoms. The first kappa shape index (κ1) is 20.2. The second-order valence-electron chi connectivity index (χ2n) is 6.01. The van der Waals surface area contributed by atoms with E-state index in [0.29, 0.717) is 22.2 Å². The summed E-state index contributed by atoms with van der Waals surface area (Å²) in [4.78, 5) is 12.3. The number of aromatic nitrogens is 3. The van der Waals surface area contributed by atoms with Gasteiger partial charge in [-0.15, -0.1) is 10.2 Å². The number of benzene rings is 2. The molecule has 0 bridgehead atoms. The molecule has 29 heavy (non-hydrogen) atoms. The van der Waals surface area contributed by atoms with Gasteiger partial charge in [0.05, 0.1) is 5.75 Å². The third-order valence-corrected chi connectivity index (χ3v) is 4.87. The number of carbonyl (C=O) groups excluding carboxylic acids is 1. The largest absolute Gasteiger partial charge is 0.401 e. The minimum atomic E-state index is -0.436. The molecular weight excluding hydrogens is 396 g/mol. The van der Waals surface area contributed by atoms with Crippen molar-refractivity contribution in [2.24, 2.45) is 5.73 Å². The van der Waals surface area contributed by atoms with Crippen LogP contribution < -0.4 is 5.73 Å². The average molecular weight is 411 g/mol. The van der Waals surface area contributed by atoms with Gasteiger partial charge in [0.15, 0.2) is 16.8 Å². The maximum atomic E-state index is 13.4. The molecule has 0 spiro atoms. The van der Waals surface area contributed by atoms with Crippen molar-refractivity contribution in [2.75, 3.05) is 5.75 Å². The number of carbonyl (C=O) groups is 1. The van der Waals surface area contributed by atoms with E-state index < -0.39 is 17.4 Å². The molecule has 0 aliphatic carbocycles. The lowest BCUT2D eigenvalue weighted by atomic mass is 10.2. The Bertz CT molecular complexity index is 1110. The molecule has 0 aliphatic heterocycles. The van der Waals surface area contributed by atoms with Crippen LogP contribution in [0.25, 0.3) is 17.1 Å². The zero-order valence-corrected chi connectivity index (χ0v) is 16.1. The van der Waals surface area contributed by atoms with Crippen LogP contribution in [0.1, 0.15) is 6.92 Å². The summed E-state index contributed by atoms with van der Waals surface area (Å²) in [6.45, 7) is 1.48. The first-order valence-electron chi connectivity index (χ1n) is 8.40. The highest BCUT2D eigenvalue weighted by Gasteiger charge is 2.19. The summed E-state index contributed by atoms with van der Waals surface area (Å²) in [6, 6.07) is 13.2. The molecule has 0 radical (unpaired) electrons. The van der Waals surface area contributed by atoms with Gasteiger partial charge in [-0.1, -0.05) is 11.8 Å². The molecule has 0 aliphatic rings. The fourth-order valence-electron chi connectivity index (χ4n) is 2.54. The highest BCUT2D eigenvalue weighted by atomic mass is 32.2. The number of thioether (sulfide) groups is 1. The van der Waals surface area contributed by atoms with Gasteiger partial charge < -0.3 is 5.73 Å². The molecule has 0 saturated heterocycles. The van der Waals surface area contributed by atoms with E-state index in [9.17, 15) is 13.6 Å². The standard InChI is InChI=1S/C20H15F2N5OS/c1-12(24)17(10-23)18(28)11-29-20-26-25-19(13-2-4-14(21)5-3-13)27(20)16-8-6-15(22)7-9-16/h2-9H,11,24H2,1H3/b17-12-. The number of nitrogens with two attached hydrogens (primary N) is 1. The Kier molecular flexibility index (Phi) is 6.04. The molecule has 2 N–H and O–H groups in total. The second-order valence-corrected chi connectivity index (χ2v) is 6.95. The van der Waals surface area contributed by atoms with Crippen LogP contribution in [-0.2, 0) is 4.79 Å². The molecule has 3 aromatic rings. The summed E-state index contributed by atoms with van der Waals surface area (Å²) in [6.07, 6.45) is 0. The summed E-state index contributed by atoms with van der Waals surface area (Å²) in [7, 11) is 0. The lowest BCUT2D eigenvalue weighted by Gasteiger charge is -2.10. The van der Waals surface area contributed by atoms with Gasteiger partial charge >= 0.3 is 0 Å². The number of Topliss-reactive ketones (excluding diaryl/α,β-unsaturated/α-hetero) is 1. The van der Waals surface area contributed by atoms with Crippen molar-refractivity contribution in [3.63, 3.8) is 0 Å². The van der Waals surface area contributed by atoms with Crippen molar-refractivity contribution in [1.82, 2.24) is 14.8 Å². The number of nitriles is 1. The first-order valence-corrected chi connectivity index (χ1v) is 9.39. The topological polar surface area (TPSA) is 97.6 Å². The normalized spacial score (nSPS) is 11.7. The lowest BCUT2D eigenvalue weighted by molar-refractivity contribution is -0.112. The van der Waals surface area contributed by atoms with Gasteiger partial charge in [0.1, 0.15) is 23.3 Å². The van der Waals surface area contributed by atoms with Crippen LogP contribution in [0.3, 0.4) is 0 Å². The minimum Gasteiger partial charge on any atom is -0.401 e. The number of hydrogen-bond donors (Lipinski definition) is 1. The molecule has 0 fully saturated rings. The van der Waals surface area contributed by atoms with E-state index >= 15 is 0 Å². The fraction of sp³-hybridized carbons (Fsp3) is 0.100. The van der Waals surface area contributed by atoms with Crippen molar-refractivity contribution < 1.29 is 13.6 Å². The Morgan fingerprint density at radius 3 is 2.24 bits per heavy atom. The predicted octanol–water partition coefficient (Wildman–Crippen LogP) is 3.63. The molecule has 146 valence electrons. The SMILES string of the molecule is C/C(N)=C(\C#N)C(=O)CSc1nnc(-c2ccc(F)cc2)n1-c1ccc(F)cc1. The van der Waals surface area contributed by atoms with Crippen LogP contribution in [0.4, 0.5) is 8.78 Å². The van der Waals surface area contributed by atoms with Gasteiger partial charge in [-0.3, -0.25) is 9.36 Å². The molecule has 1 aromatic heterocycles. The van der Waals surface area contributed by atoms with E-state index in [1.54, 1.807) is 34.9 Å². The smallest absolute Gasteiger partial charge is 0.196 e. The number of rotatable bonds is 6. The summed E-state index contributed by atoms with van der Waals surface area (Å²) in [5, 5.41) is 17.7. The van der Waals surface area contributed by atoms with E-state index in [1.807, 2.05) is 0 Å². The third kappa shape index (κ3) is 4.50. The zero-order valence-electron chi connectivity index (χ0n) is 15.3. The Morgan fingerprint density at radius 2 is 1.69 bits per heavy atom. The molecular formula is C20H15F2N5OS. The van der Waals surface area contributed by atoms with Crippen LogP contribution in [0.15, 0.2) is 65.0 Å². The van der Waals surface area contributed by atoms with Gasteiger partial charge in [-0.25, -0.2) is 8.78 Å². The van der Waals surface area contributed by atoms with Crippen LogP contribution >= 0.6 is 11.8 Å². The van der Waals surface area contributed by atoms with Crippen molar-refractivity contribution >= 4 is 17.5 Å². The number of allylic oxidation sites excluding steroid dienone is 2. The molecule has 3 rings (SSSR count). The van der Waals surface area contributed by atoms with Gasteiger partial charge in [-0.2, -0.15) is 5.26 Å². The third-order valence-electron chi connectivity index (χ3n) is 3.94. The molecule has 1 heterocycles. The van der Waals surface area contributed by atoms with Crippen LogP contribution in [-0.4, -0.2) is 26.3 Å². The summed E-state index contributed by atoms with van der Waals surface area (Å²) < 4.78 is 28.3. The lowest BCUT2D eigenvalue weighted by Crippen LogP contribution is -2.11. The summed E-state index contributed by atoms with van der Waals surface area (Å²) in [5.41, 5.74) is 6.77. The number of nitrogens with zero attached hydrogens (tertiary/aromatic N) is 4. The zero-order chi connectivity index (χ0) is 21.0. The van der Waals surface area contributed by atoms with E-state index in [2.05, 4.69) is 10.2 Å². The highest BCUT2D eigenvalue weighted by molar-refractivity contribution is 7.99. The minimum absolute atomic E-state index is 0.0832. The van der Waals surface area contributed by atoms with Crippen molar-refractivity contribution in [1.29, 1.82) is 5.26 Å². The van der Waals surface area contributed by atoms with Crippen LogP contribution in [0, 0.1) is 23.0 Å². The second kappa shape index (κ2) is 8.67. The van der Waals surface area contributed by atoms with Crippen molar-refractivity contribution in [3.8, 4) is 23.1 Å². The number of ketones is 1. The molecule has 6 nitrogen and oxygen atoms in total. The van der Waals surface area contributed by atoms with Crippen LogP contribution in [0.2, 0.25) is 0 Å². The number of halogens is 2. The maximum Gasteiger partial charge on any atom is 0.196 e. The Hall–Kier alpha value is -3.51. The van der Waals surface area contributed by atoms with E-state index in [1.165, 1.54) is 31.2 Å². The Balaban J connectivity index is 2.00. The molecule has 2 aromatic carbocycles. The molecule has 0 amide bonds.